The zero-order valence-corrected chi connectivity index (χ0v) is 11.8. The van der Waals surface area contributed by atoms with Crippen molar-refractivity contribution in [1.82, 2.24) is 0 Å². The number of hydrogen-bond donors (Lipinski definition) is 2. The normalized spacial score (nSPS) is 34.3. The van der Waals surface area contributed by atoms with Crippen molar-refractivity contribution in [2.24, 2.45) is 5.90 Å². The number of methoxy groups -OCH3 is 1. The van der Waals surface area contributed by atoms with Crippen LogP contribution in [0.2, 0.25) is 0 Å². The highest BCUT2D eigenvalue weighted by Crippen LogP contribution is 2.42. The van der Waals surface area contributed by atoms with Gasteiger partial charge in [0.05, 0.1) is 19.8 Å². The molecule has 10 heteroatoms. The molecular weight excluding hydrogens is 276 g/mol. The van der Waals surface area contributed by atoms with Gasteiger partial charge in [-0.3, -0.25) is 9.09 Å². The third-order valence-corrected chi connectivity index (χ3v) is 3.14. The standard InChI is InChI=1S/C9H19BNO7P/c1-14-5-6-7(18-19(2,12)13)8(9(10)17-6)15-3-4-16-11/h6-9H,3-5,11H2,1-2H3,(H,12,13)/t6-,7+,8?,9-/m1/s1. The molecule has 1 saturated heterocycles. The first kappa shape index (κ1) is 17.1. The zero-order valence-electron chi connectivity index (χ0n) is 10.9. The second kappa shape index (κ2) is 7.71. The monoisotopic (exact) mass is 295 g/mol. The molecular formula is C9H19BNO7P. The summed E-state index contributed by atoms with van der Waals surface area (Å²) in [6, 6.07) is -0.783. The number of ether oxygens (including phenoxy) is 3. The van der Waals surface area contributed by atoms with Gasteiger partial charge in [-0.2, -0.15) is 0 Å². The maximum atomic E-state index is 11.4. The van der Waals surface area contributed by atoms with Crippen molar-refractivity contribution in [1.29, 1.82) is 0 Å². The van der Waals surface area contributed by atoms with Crippen LogP contribution in [0.15, 0.2) is 0 Å². The Kier molecular flexibility index (Phi) is 6.92. The maximum absolute atomic E-state index is 11.4. The molecule has 8 nitrogen and oxygen atoms in total. The lowest BCUT2D eigenvalue weighted by Gasteiger charge is -2.24. The summed E-state index contributed by atoms with van der Waals surface area (Å²) in [4.78, 5) is 13.7. The summed E-state index contributed by atoms with van der Waals surface area (Å²) < 4.78 is 32.3. The molecule has 1 heterocycles. The van der Waals surface area contributed by atoms with Gasteiger partial charge in [0, 0.05) is 19.8 Å². The third kappa shape index (κ3) is 5.49. The van der Waals surface area contributed by atoms with E-state index in [1.54, 1.807) is 0 Å². The molecule has 1 aliphatic rings. The van der Waals surface area contributed by atoms with Crippen molar-refractivity contribution < 1.29 is 33.0 Å². The molecule has 1 fully saturated rings. The van der Waals surface area contributed by atoms with Crippen molar-refractivity contribution in [3.63, 3.8) is 0 Å². The van der Waals surface area contributed by atoms with Gasteiger partial charge in [0.15, 0.2) is 0 Å². The van der Waals surface area contributed by atoms with E-state index in [2.05, 4.69) is 4.84 Å². The van der Waals surface area contributed by atoms with Crippen molar-refractivity contribution in [2.45, 2.75) is 24.3 Å². The molecule has 110 valence electrons. The van der Waals surface area contributed by atoms with E-state index in [4.69, 9.17) is 32.5 Å². The Morgan fingerprint density at radius 1 is 1.42 bits per heavy atom. The lowest BCUT2D eigenvalue weighted by atomic mass is 9.93. The van der Waals surface area contributed by atoms with Crippen LogP contribution in [-0.4, -0.2) is 70.7 Å². The van der Waals surface area contributed by atoms with Gasteiger partial charge in [0.1, 0.15) is 26.2 Å². The fraction of sp³-hybridized carbons (Fsp3) is 1.00. The molecule has 0 amide bonds. The van der Waals surface area contributed by atoms with Crippen LogP contribution >= 0.6 is 7.60 Å². The summed E-state index contributed by atoms with van der Waals surface area (Å²) in [5, 5.41) is 0. The van der Waals surface area contributed by atoms with Crippen LogP contribution in [0.25, 0.3) is 0 Å². The second-order valence-corrected chi connectivity index (χ2v) is 5.99. The Hall–Kier alpha value is 0.0149. The Bertz CT molecular complexity index is 315. The van der Waals surface area contributed by atoms with Crippen LogP contribution in [0, 0.1) is 0 Å². The number of rotatable bonds is 8. The van der Waals surface area contributed by atoms with E-state index in [1.165, 1.54) is 7.11 Å². The van der Waals surface area contributed by atoms with E-state index >= 15 is 0 Å². The van der Waals surface area contributed by atoms with Gasteiger partial charge in [-0.15, -0.1) is 0 Å². The first-order valence-electron chi connectivity index (χ1n) is 5.71. The summed E-state index contributed by atoms with van der Waals surface area (Å²) >= 11 is 0. The average Bonchev–Trinajstić information content (AvgIpc) is 2.56. The van der Waals surface area contributed by atoms with E-state index < -0.39 is 31.9 Å². The Labute approximate surface area is 113 Å². The third-order valence-electron chi connectivity index (χ3n) is 2.51. The van der Waals surface area contributed by atoms with Crippen molar-refractivity contribution in [3.8, 4) is 0 Å². The fourth-order valence-corrected chi connectivity index (χ4v) is 2.54. The lowest BCUT2D eigenvalue weighted by molar-refractivity contribution is -0.0414. The van der Waals surface area contributed by atoms with Gasteiger partial charge in [0.25, 0.3) is 0 Å². The molecule has 0 spiro atoms. The van der Waals surface area contributed by atoms with Crippen molar-refractivity contribution >= 4 is 15.4 Å². The molecule has 0 saturated carbocycles. The molecule has 0 aromatic heterocycles. The second-order valence-electron chi connectivity index (χ2n) is 4.17. The van der Waals surface area contributed by atoms with Crippen molar-refractivity contribution in [2.75, 3.05) is 33.6 Å². The molecule has 3 N–H and O–H groups in total. The number of nitrogens with two attached hydrogens (primary N) is 1. The average molecular weight is 295 g/mol. The summed E-state index contributed by atoms with van der Waals surface area (Å²) in [5.41, 5.74) is 0. The molecule has 0 bridgehead atoms. The van der Waals surface area contributed by atoms with Crippen LogP contribution in [0.4, 0.5) is 0 Å². The minimum atomic E-state index is -3.71. The van der Waals surface area contributed by atoms with Crippen LogP contribution in [0.5, 0.6) is 0 Å². The molecule has 2 unspecified atom stereocenters. The van der Waals surface area contributed by atoms with E-state index in [0.29, 0.717) is 0 Å². The molecule has 19 heavy (non-hydrogen) atoms. The first-order valence-corrected chi connectivity index (χ1v) is 7.73. The summed E-state index contributed by atoms with van der Waals surface area (Å²) in [5.74, 6) is 4.88. The maximum Gasteiger partial charge on any atom is 0.325 e. The van der Waals surface area contributed by atoms with E-state index in [9.17, 15) is 9.46 Å². The van der Waals surface area contributed by atoms with Crippen LogP contribution < -0.4 is 5.90 Å². The molecule has 1 rings (SSSR count). The SMILES string of the molecule is [B][C@@H]1O[C@H](COC)[C@H](OP(C)(=O)O)C1OCCON. The largest absolute Gasteiger partial charge is 0.382 e. The summed E-state index contributed by atoms with van der Waals surface area (Å²) in [7, 11) is 3.54. The van der Waals surface area contributed by atoms with Crippen molar-refractivity contribution in [3.05, 3.63) is 0 Å². The quantitative estimate of drug-likeness (QED) is 0.254. The molecule has 1 aliphatic heterocycles. The first-order chi connectivity index (χ1) is 8.89. The minimum Gasteiger partial charge on any atom is -0.382 e. The van der Waals surface area contributed by atoms with E-state index in [-0.39, 0.29) is 19.8 Å². The molecule has 0 aliphatic carbocycles. The van der Waals surface area contributed by atoms with Gasteiger partial charge in [-0.25, -0.2) is 5.90 Å². The van der Waals surface area contributed by atoms with E-state index in [1.807, 2.05) is 0 Å². The summed E-state index contributed by atoms with van der Waals surface area (Å²) in [6.07, 6.45) is -2.08. The highest BCUT2D eigenvalue weighted by Gasteiger charge is 2.45. The highest BCUT2D eigenvalue weighted by atomic mass is 31.2. The predicted molar refractivity (Wildman–Crippen MR) is 66.8 cm³/mol. The van der Waals surface area contributed by atoms with Crippen LogP contribution in [-0.2, 0) is 28.1 Å². The summed E-state index contributed by atoms with van der Waals surface area (Å²) in [6.45, 7) is 1.58. The number of hydrogen-bond acceptors (Lipinski definition) is 7. The van der Waals surface area contributed by atoms with Crippen LogP contribution in [0.3, 0.4) is 0 Å². The fourth-order valence-electron chi connectivity index (χ4n) is 1.83. The van der Waals surface area contributed by atoms with Gasteiger partial charge in [-0.1, -0.05) is 0 Å². The molecule has 2 radical (unpaired) electrons. The van der Waals surface area contributed by atoms with Gasteiger partial charge >= 0.3 is 7.60 Å². The topological polar surface area (TPSA) is 109 Å². The Balaban J connectivity index is 2.70. The zero-order chi connectivity index (χ0) is 14.5. The van der Waals surface area contributed by atoms with E-state index in [0.717, 1.165) is 6.66 Å². The van der Waals surface area contributed by atoms with Gasteiger partial charge in [-0.05, 0) is 0 Å². The molecule has 5 atom stereocenters. The molecule has 0 aromatic rings. The Morgan fingerprint density at radius 3 is 2.63 bits per heavy atom. The van der Waals surface area contributed by atoms with Gasteiger partial charge < -0.3 is 23.9 Å². The van der Waals surface area contributed by atoms with Gasteiger partial charge in [0.2, 0.25) is 0 Å². The highest BCUT2D eigenvalue weighted by molar-refractivity contribution is 7.51. The Morgan fingerprint density at radius 2 is 2.11 bits per heavy atom. The van der Waals surface area contributed by atoms with Crippen LogP contribution in [0.1, 0.15) is 0 Å². The predicted octanol–water partition coefficient (Wildman–Crippen LogP) is -0.998. The lowest BCUT2D eigenvalue weighted by Crippen LogP contribution is -2.39. The minimum absolute atomic E-state index is 0.161. The smallest absolute Gasteiger partial charge is 0.325 e. The molecule has 0 aromatic carbocycles.